The van der Waals surface area contributed by atoms with Gasteiger partial charge >= 0.3 is 0 Å². The molecule has 0 radical (unpaired) electrons. The Labute approximate surface area is 152 Å². The third kappa shape index (κ3) is 3.87. The van der Waals surface area contributed by atoms with Crippen molar-refractivity contribution in [2.75, 3.05) is 27.2 Å². The molecule has 3 rings (SSSR count). The monoisotopic (exact) mass is 357 g/mol. The number of oxazole rings is 1. The molecule has 1 aromatic carbocycles. The summed E-state index contributed by atoms with van der Waals surface area (Å²) in [6.07, 6.45) is 2.39. The Morgan fingerprint density at radius 2 is 2.12 bits per heavy atom. The van der Waals surface area contributed by atoms with Crippen LogP contribution >= 0.6 is 0 Å². The van der Waals surface area contributed by atoms with Crippen molar-refractivity contribution in [3.05, 3.63) is 47.2 Å². The lowest BCUT2D eigenvalue weighted by atomic mass is 10.0. The Morgan fingerprint density at radius 3 is 2.81 bits per heavy atom. The van der Waals surface area contributed by atoms with Crippen LogP contribution in [0.5, 0.6) is 5.75 Å². The van der Waals surface area contributed by atoms with Gasteiger partial charge in [0.05, 0.1) is 12.2 Å². The Hall–Kier alpha value is -2.83. The molecule has 2 aromatic rings. The normalized spacial score (nSPS) is 13.6. The number of ether oxygens (including phenoxy) is 1. The number of aromatic nitrogens is 1. The average molecular weight is 357 g/mol. The van der Waals surface area contributed by atoms with Gasteiger partial charge in [-0.25, -0.2) is 4.98 Å². The van der Waals surface area contributed by atoms with E-state index >= 15 is 0 Å². The molecule has 1 aliphatic heterocycles. The Balaban J connectivity index is 1.76. The minimum Gasteiger partial charge on any atom is -0.491 e. The van der Waals surface area contributed by atoms with Gasteiger partial charge in [-0.15, -0.1) is 0 Å². The first-order valence-electron chi connectivity index (χ1n) is 8.60. The van der Waals surface area contributed by atoms with Crippen LogP contribution in [0.1, 0.15) is 33.8 Å². The number of amides is 2. The fourth-order valence-corrected chi connectivity index (χ4v) is 2.90. The number of rotatable bonds is 4. The average Bonchev–Trinajstić information content (AvgIpc) is 2.93. The van der Waals surface area contributed by atoms with Gasteiger partial charge in [0.25, 0.3) is 5.91 Å². The molecule has 0 unspecified atom stereocenters. The second kappa shape index (κ2) is 7.59. The van der Waals surface area contributed by atoms with E-state index in [0.29, 0.717) is 38.2 Å². The van der Waals surface area contributed by atoms with Gasteiger partial charge in [-0.3, -0.25) is 9.59 Å². The van der Waals surface area contributed by atoms with E-state index in [1.807, 2.05) is 18.2 Å². The second-order valence-electron chi connectivity index (χ2n) is 6.57. The van der Waals surface area contributed by atoms with Crippen molar-refractivity contribution >= 4 is 11.8 Å². The maximum atomic E-state index is 12.7. The predicted octanol–water partition coefficient (Wildman–Crippen LogP) is 2.04. The summed E-state index contributed by atoms with van der Waals surface area (Å²) < 4.78 is 11.0. The van der Waals surface area contributed by atoms with Gasteiger partial charge in [0.15, 0.2) is 6.39 Å². The van der Waals surface area contributed by atoms with Crippen LogP contribution in [0.15, 0.2) is 29.0 Å². The lowest BCUT2D eigenvalue weighted by Gasteiger charge is -2.19. The van der Waals surface area contributed by atoms with Crippen molar-refractivity contribution in [1.29, 1.82) is 0 Å². The van der Waals surface area contributed by atoms with E-state index in [-0.39, 0.29) is 17.6 Å². The van der Waals surface area contributed by atoms with E-state index in [2.05, 4.69) is 4.98 Å². The zero-order valence-corrected chi connectivity index (χ0v) is 15.3. The zero-order valence-electron chi connectivity index (χ0n) is 15.3. The van der Waals surface area contributed by atoms with Gasteiger partial charge in [0.1, 0.15) is 12.4 Å². The highest BCUT2D eigenvalue weighted by atomic mass is 16.5. The lowest BCUT2D eigenvalue weighted by Crippen LogP contribution is -2.32. The summed E-state index contributed by atoms with van der Waals surface area (Å²) in [6, 6.07) is 5.90. The number of hydrogen-bond donors (Lipinski definition) is 0. The quantitative estimate of drug-likeness (QED) is 0.837. The van der Waals surface area contributed by atoms with Crippen LogP contribution in [0.4, 0.5) is 0 Å². The molecule has 0 atom stereocenters. The Kier molecular flexibility index (Phi) is 5.25. The predicted molar refractivity (Wildman–Crippen MR) is 94.9 cm³/mol. The van der Waals surface area contributed by atoms with Crippen LogP contribution in [-0.2, 0) is 17.8 Å². The molecule has 0 fully saturated rings. The van der Waals surface area contributed by atoms with Gasteiger partial charge < -0.3 is 19.0 Å². The first kappa shape index (κ1) is 18.0. The molecule has 2 heterocycles. The van der Waals surface area contributed by atoms with Gasteiger partial charge in [0.2, 0.25) is 11.7 Å². The molecule has 0 aliphatic carbocycles. The first-order chi connectivity index (χ1) is 12.5. The van der Waals surface area contributed by atoms with E-state index < -0.39 is 0 Å². The topological polar surface area (TPSA) is 75.9 Å². The van der Waals surface area contributed by atoms with Crippen molar-refractivity contribution in [1.82, 2.24) is 14.8 Å². The highest BCUT2D eigenvalue weighted by molar-refractivity contribution is 5.92. The summed E-state index contributed by atoms with van der Waals surface area (Å²) in [7, 11) is 3.50. The number of hydrogen-bond acceptors (Lipinski definition) is 5. The largest absolute Gasteiger partial charge is 0.491 e. The minimum atomic E-state index is -0.190. The highest BCUT2D eigenvalue weighted by Gasteiger charge is 2.25. The van der Waals surface area contributed by atoms with Gasteiger partial charge in [-0.1, -0.05) is 12.1 Å². The molecule has 0 N–H and O–H groups in total. The van der Waals surface area contributed by atoms with Crippen LogP contribution in [0.3, 0.4) is 0 Å². The van der Waals surface area contributed by atoms with Crippen LogP contribution in [0.25, 0.3) is 0 Å². The van der Waals surface area contributed by atoms with Crippen molar-refractivity contribution in [2.24, 2.45) is 0 Å². The number of aryl methyl sites for hydroxylation is 2. The number of fused-ring (bicyclic) bond motifs is 1. The Bertz CT molecular complexity index is 813. The first-order valence-corrected chi connectivity index (χ1v) is 8.60. The molecule has 138 valence electrons. The van der Waals surface area contributed by atoms with Gasteiger partial charge in [-0.2, -0.15) is 0 Å². The third-order valence-corrected chi connectivity index (χ3v) is 4.46. The van der Waals surface area contributed by atoms with E-state index in [1.165, 1.54) is 6.39 Å². The number of carbonyl (C=O) groups excluding carboxylic acids is 2. The SMILES string of the molecule is Cc1ncoc1C(=O)N1CCOc2ccc(CCC(=O)N(C)C)cc2C1. The fourth-order valence-electron chi connectivity index (χ4n) is 2.90. The van der Waals surface area contributed by atoms with E-state index in [9.17, 15) is 9.59 Å². The van der Waals surface area contributed by atoms with Gasteiger partial charge in [-0.05, 0) is 25.0 Å². The summed E-state index contributed by atoms with van der Waals surface area (Å²) in [5, 5.41) is 0. The summed E-state index contributed by atoms with van der Waals surface area (Å²) in [5.41, 5.74) is 2.56. The summed E-state index contributed by atoms with van der Waals surface area (Å²) >= 11 is 0. The molecule has 0 saturated heterocycles. The minimum absolute atomic E-state index is 0.0915. The smallest absolute Gasteiger partial charge is 0.291 e. The highest BCUT2D eigenvalue weighted by Crippen LogP contribution is 2.26. The number of nitrogens with zero attached hydrogens (tertiary/aromatic N) is 3. The van der Waals surface area contributed by atoms with E-state index in [1.54, 1.807) is 30.8 Å². The molecule has 26 heavy (non-hydrogen) atoms. The van der Waals surface area contributed by atoms with Crippen LogP contribution < -0.4 is 4.74 Å². The number of benzene rings is 1. The lowest BCUT2D eigenvalue weighted by molar-refractivity contribution is -0.128. The second-order valence-corrected chi connectivity index (χ2v) is 6.57. The van der Waals surface area contributed by atoms with Crippen LogP contribution in [0.2, 0.25) is 0 Å². The summed E-state index contributed by atoms with van der Waals surface area (Å²) in [5.74, 6) is 0.942. The summed E-state index contributed by atoms with van der Waals surface area (Å²) in [4.78, 5) is 31.8. The molecule has 7 heteroatoms. The Morgan fingerprint density at radius 1 is 1.31 bits per heavy atom. The van der Waals surface area contributed by atoms with Crippen LogP contribution in [0, 0.1) is 6.92 Å². The maximum Gasteiger partial charge on any atom is 0.291 e. The van der Waals surface area contributed by atoms with Crippen molar-refractivity contribution in [2.45, 2.75) is 26.3 Å². The molecule has 7 nitrogen and oxygen atoms in total. The molecule has 0 spiro atoms. The third-order valence-electron chi connectivity index (χ3n) is 4.46. The fraction of sp³-hybridized carbons (Fsp3) is 0.421. The van der Waals surface area contributed by atoms with Gasteiger partial charge in [0, 0.05) is 32.6 Å². The molecule has 1 aliphatic rings. The molecular formula is C19H23N3O4. The maximum absolute atomic E-state index is 12.7. The van der Waals surface area contributed by atoms with Crippen LogP contribution in [-0.4, -0.2) is 53.8 Å². The van der Waals surface area contributed by atoms with Crippen molar-refractivity contribution in [3.63, 3.8) is 0 Å². The molecule has 0 bridgehead atoms. The van der Waals surface area contributed by atoms with Crippen molar-refractivity contribution < 1.29 is 18.7 Å². The molecule has 2 amide bonds. The molecular weight excluding hydrogens is 334 g/mol. The number of carbonyl (C=O) groups is 2. The van der Waals surface area contributed by atoms with E-state index in [4.69, 9.17) is 9.15 Å². The molecule has 0 saturated carbocycles. The summed E-state index contributed by atoms with van der Waals surface area (Å²) in [6.45, 7) is 3.08. The molecule has 1 aromatic heterocycles. The van der Waals surface area contributed by atoms with E-state index in [0.717, 1.165) is 16.9 Å². The van der Waals surface area contributed by atoms with Crippen molar-refractivity contribution in [3.8, 4) is 5.75 Å². The zero-order chi connectivity index (χ0) is 18.7. The standard InChI is InChI=1S/C19H23N3O4/c1-13-18(26-12-20-13)19(24)22-8-9-25-16-6-4-14(10-15(16)11-22)5-7-17(23)21(2)3/h4,6,10,12H,5,7-9,11H2,1-3H3.